The van der Waals surface area contributed by atoms with Crippen LogP contribution in [0.1, 0.15) is 55.0 Å². The van der Waals surface area contributed by atoms with E-state index < -0.39 is 0 Å². The summed E-state index contributed by atoms with van der Waals surface area (Å²) in [5, 5.41) is 1.77. The van der Waals surface area contributed by atoms with Crippen LogP contribution < -0.4 is 5.56 Å². The maximum atomic E-state index is 13.5. The molecule has 0 fully saturated rings. The topological polar surface area (TPSA) is 34.9 Å². The molecule has 28 heavy (non-hydrogen) atoms. The van der Waals surface area contributed by atoms with Crippen LogP contribution in [0.15, 0.2) is 38.7 Å². The lowest BCUT2D eigenvalue weighted by Crippen LogP contribution is -2.23. The standard InChI is InChI=1S/C22H25BrN2OS2/c1-2-3-13-25-21(26)19-17-7-5-4-6-8-18(17)28-20(19)24-22(25)27-14-15-9-11-16(23)12-10-15/h9-12H,2-8,13-14H2,1H3. The summed E-state index contributed by atoms with van der Waals surface area (Å²) in [4.78, 5) is 20.8. The van der Waals surface area contributed by atoms with Crippen molar-refractivity contribution in [3.8, 4) is 0 Å². The van der Waals surface area contributed by atoms with E-state index in [0.29, 0.717) is 0 Å². The van der Waals surface area contributed by atoms with Gasteiger partial charge in [-0.3, -0.25) is 9.36 Å². The molecule has 0 unspecified atom stereocenters. The quantitative estimate of drug-likeness (QED) is 0.229. The zero-order valence-corrected chi connectivity index (χ0v) is 19.4. The fraction of sp³-hybridized carbons (Fsp3) is 0.455. The van der Waals surface area contributed by atoms with E-state index in [9.17, 15) is 4.79 Å². The number of thioether (sulfide) groups is 1. The second-order valence-electron chi connectivity index (χ2n) is 7.36. The first-order chi connectivity index (χ1) is 13.7. The van der Waals surface area contributed by atoms with Crippen molar-refractivity contribution in [3.63, 3.8) is 0 Å². The molecule has 0 bridgehead atoms. The van der Waals surface area contributed by atoms with E-state index in [4.69, 9.17) is 4.98 Å². The van der Waals surface area contributed by atoms with Crippen molar-refractivity contribution in [1.82, 2.24) is 9.55 Å². The first kappa shape index (κ1) is 20.2. The predicted molar refractivity (Wildman–Crippen MR) is 124 cm³/mol. The zero-order valence-electron chi connectivity index (χ0n) is 16.2. The maximum absolute atomic E-state index is 13.5. The highest BCUT2D eigenvalue weighted by Gasteiger charge is 2.21. The van der Waals surface area contributed by atoms with Gasteiger partial charge < -0.3 is 0 Å². The molecule has 4 rings (SSSR count). The minimum atomic E-state index is 0.177. The Morgan fingerprint density at radius 3 is 2.75 bits per heavy atom. The van der Waals surface area contributed by atoms with Crippen molar-refractivity contribution in [1.29, 1.82) is 0 Å². The number of halogens is 1. The number of rotatable bonds is 6. The van der Waals surface area contributed by atoms with Gasteiger partial charge in [0, 0.05) is 21.6 Å². The molecule has 0 N–H and O–H groups in total. The fourth-order valence-corrected chi connectivity index (χ4v) is 6.30. The van der Waals surface area contributed by atoms with Crippen LogP contribution in [-0.4, -0.2) is 9.55 Å². The minimum Gasteiger partial charge on any atom is -0.287 e. The van der Waals surface area contributed by atoms with Crippen LogP contribution >= 0.6 is 39.0 Å². The average Bonchev–Trinajstić information content (AvgIpc) is 2.88. The summed E-state index contributed by atoms with van der Waals surface area (Å²) in [6.45, 7) is 2.92. The highest BCUT2D eigenvalue weighted by atomic mass is 79.9. The number of nitrogens with zero attached hydrogens (tertiary/aromatic N) is 2. The second kappa shape index (κ2) is 9.14. The van der Waals surface area contributed by atoms with E-state index in [0.717, 1.165) is 57.8 Å². The largest absolute Gasteiger partial charge is 0.287 e. The molecule has 1 aromatic carbocycles. The molecule has 0 radical (unpaired) electrons. The summed E-state index contributed by atoms with van der Waals surface area (Å²) >= 11 is 6.92. The van der Waals surface area contributed by atoms with Gasteiger partial charge in [0.05, 0.1) is 5.39 Å². The molecule has 0 amide bonds. The normalized spacial score (nSPS) is 14.2. The number of hydrogen-bond donors (Lipinski definition) is 0. The van der Waals surface area contributed by atoms with Gasteiger partial charge in [0.2, 0.25) is 0 Å². The molecule has 0 saturated heterocycles. The Labute approximate surface area is 182 Å². The molecular formula is C22H25BrN2OS2. The van der Waals surface area contributed by atoms with Crippen LogP contribution in [0.5, 0.6) is 0 Å². The molecule has 0 spiro atoms. The van der Waals surface area contributed by atoms with Crippen LogP contribution in [0.2, 0.25) is 0 Å². The molecule has 2 aromatic heterocycles. The summed E-state index contributed by atoms with van der Waals surface area (Å²) in [5.41, 5.74) is 2.72. The van der Waals surface area contributed by atoms with Crippen LogP contribution in [0.3, 0.4) is 0 Å². The van der Waals surface area contributed by atoms with E-state index in [-0.39, 0.29) is 5.56 Å². The van der Waals surface area contributed by atoms with Gasteiger partial charge in [-0.15, -0.1) is 11.3 Å². The Kier molecular flexibility index (Phi) is 6.59. The second-order valence-corrected chi connectivity index (χ2v) is 10.3. The summed E-state index contributed by atoms with van der Waals surface area (Å²) in [5.74, 6) is 0.822. The summed E-state index contributed by atoms with van der Waals surface area (Å²) < 4.78 is 3.02. The number of benzene rings is 1. The molecule has 0 saturated carbocycles. The lowest BCUT2D eigenvalue weighted by atomic mass is 10.1. The van der Waals surface area contributed by atoms with Crippen LogP contribution in [0.4, 0.5) is 0 Å². The van der Waals surface area contributed by atoms with Crippen molar-refractivity contribution in [2.75, 3.05) is 0 Å². The molecule has 6 heteroatoms. The number of aromatic nitrogens is 2. The zero-order chi connectivity index (χ0) is 19.5. The predicted octanol–water partition coefficient (Wildman–Crippen LogP) is 6.58. The first-order valence-electron chi connectivity index (χ1n) is 10.1. The van der Waals surface area contributed by atoms with E-state index >= 15 is 0 Å². The molecule has 1 aliphatic carbocycles. The molecule has 0 atom stereocenters. The Bertz CT molecular complexity index is 1020. The minimum absolute atomic E-state index is 0.177. The van der Waals surface area contributed by atoms with Gasteiger partial charge in [-0.2, -0.15) is 0 Å². The molecule has 3 nitrogen and oxygen atoms in total. The van der Waals surface area contributed by atoms with E-state index in [1.807, 2.05) is 4.57 Å². The Balaban J connectivity index is 1.73. The number of fused-ring (bicyclic) bond motifs is 3. The Hall–Kier alpha value is -1.11. The molecular weight excluding hydrogens is 452 g/mol. The third-order valence-corrected chi connectivity index (χ3v) is 8.07. The Morgan fingerprint density at radius 2 is 1.96 bits per heavy atom. The van der Waals surface area contributed by atoms with Gasteiger partial charge >= 0.3 is 0 Å². The number of thiophene rings is 1. The molecule has 1 aliphatic rings. The van der Waals surface area contributed by atoms with Crippen molar-refractivity contribution < 1.29 is 0 Å². The number of unbranched alkanes of at least 4 members (excludes halogenated alkanes) is 1. The van der Waals surface area contributed by atoms with E-state index in [1.54, 1.807) is 23.1 Å². The number of hydrogen-bond acceptors (Lipinski definition) is 4. The van der Waals surface area contributed by atoms with Crippen LogP contribution in [0, 0.1) is 0 Å². The Morgan fingerprint density at radius 1 is 1.18 bits per heavy atom. The van der Waals surface area contributed by atoms with Crippen molar-refractivity contribution in [2.24, 2.45) is 0 Å². The third kappa shape index (κ3) is 4.24. The van der Waals surface area contributed by atoms with Gasteiger partial charge in [0.1, 0.15) is 4.83 Å². The summed E-state index contributed by atoms with van der Waals surface area (Å²) in [6, 6.07) is 8.37. The van der Waals surface area contributed by atoms with E-state index in [1.165, 1.54) is 35.3 Å². The van der Waals surface area contributed by atoms with Crippen LogP contribution in [0.25, 0.3) is 10.2 Å². The molecule has 0 aliphatic heterocycles. The van der Waals surface area contributed by atoms with Gasteiger partial charge in [-0.05, 0) is 55.4 Å². The summed E-state index contributed by atoms with van der Waals surface area (Å²) in [6.07, 6.45) is 7.90. The van der Waals surface area contributed by atoms with Gasteiger partial charge in [-0.25, -0.2) is 4.98 Å². The maximum Gasteiger partial charge on any atom is 0.263 e. The highest BCUT2D eigenvalue weighted by Crippen LogP contribution is 2.34. The van der Waals surface area contributed by atoms with Crippen LogP contribution in [-0.2, 0) is 25.1 Å². The van der Waals surface area contributed by atoms with Gasteiger partial charge in [0.15, 0.2) is 5.16 Å². The first-order valence-corrected chi connectivity index (χ1v) is 12.7. The van der Waals surface area contributed by atoms with Crippen molar-refractivity contribution in [3.05, 3.63) is 55.1 Å². The smallest absolute Gasteiger partial charge is 0.263 e. The fourth-order valence-electron chi connectivity index (χ4n) is 3.75. The van der Waals surface area contributed by atoms with Crippen molar-refractivity contribution in [2.45, 2.75) is 69.3 Å². The lowest BCUT2D eigenvalue weighted by Gasteiger charge is -2.12. The number of aryl methyl sites for hydroxylation is 2. The van der Waals surface area contributed by atoms with Crippen molar-refractivity contribution >= 4 is 49.2 Å². The molecule has 148 valence electrons. The summed E-state index contributed by atoms with van der Waals surface area (Å²) in [7, 11) is 0. The third-order valence-electron chi connectivity index (χ3n) is 5.31. The lowest BCUT2D eigenvalue weighted by molar-refractivity contribution is 0.558. The van der Waals surface area contributed by atoms with Gasteiger partial charge in [-0.1, -0.05) is 59.6 Å². The SMILES string of the molecule is CCCCn1c(SCc2ccc(Br)cc2)nc2sc3c(c2c1=O)CCCCC3. The van der Waals surface area contributed by atoms with E-state index in [2.05, 4.69) is 47.1 Å². The molecule has 3 aromatic rings. The highest BCUT2D eigenvalue weighted by molar-refractivity contribution is 9.10. The monoisotopic (exact) mass is 476 g/mol. The average molecular weight is 477 g/mol. The molecule has 2 heterocycles. The van der Waals surface area contributed by atoms with Gasteiger partial charge in [0.25, 0.3) is 5.56 Å².